The summed E-state index contributed by atoms with van der Waals surface area (Å²) in [6.45, 7) is 1.99. The summed E-state index contributed by atoms with van der Waals surface area (Å²) in [5, 5.41) is 0. The van der Waals surface area contributed by atoms with Crippen LogP contribution in [0.5, 0.6) is 0 Å². The molecule has 2 N–H and O–H groups in total. The van der Waals surface area contributed by atoms with Gasteiger partial charge in [-0.05, 0) is 40.0 Å². The minimum Gasteiger partial charge on any atom is -0.330 e. The van der Waals surface area contributed by atoms with Crippen molar-refractivity contribution in [3.8, 4) is 0 Å². The van der Waals surface area contributed by atoms with Crippen molar-refractivity contribution in [2.75, 3.05) is 27.2 Å². The molecule has 0 saturated heterocycles. The number of rotatable bonds is 4. The Kier molecular flexibility index (Phi) is 20.6. The molecule has 66 valence electrons. The first-order valence-corrected chi connectivity index (χ1v) is 3.12. The molecule has 0 aliphatic rings. The molecule has 0 aromatic rings. The second-order valence-electron chi connectivity index (χ2n) is 2.30. The van der Waals surface area contributed by atoms with E-state index >= 15 is 0 Å². The van der Waals surface area contributed by atoms with Crippen LogP contribution in [0.15, 0.2) is 0 Å². The normalized spacial score (nSPS) is 8.40. The monoisotopic (exact) mass is 188 g/mol. The van der Waals surface area contributed by atoms with Gasteiger partial charge in [-0.1, -0.05) is 0 Å². The summed E-state index contributed by atoms with van der Waals surface area (Å²) in [6.07, 6.45) is 2.38. The molecule has 2 nitrogen and oxygen atoms in total. The molecule has 0 atom stereocenters. The van der Waals surface area contributed by atoms with Crippen molar-refractivity contribution in [2.24, 2.45) is 5.73 Å². The standard InChI is InChI=1S/C6H16N2.2ClH/c1-8(2)6-4-3-5-7;;/h3-7H2,1-2H3;2*1H. The van der Waals surface area contributed by atoms with Crippen LogP contribution >= 0.6 is 24.8 Å². The van der Waals surface area contributed by atoms with E-state index in [9.17, 15) is 0 Å². The van der Waals surface area contributed by atoms with Gasteiger partial charge in [0.1, 0.15) is 0 Å². The highest BCUT2D eigenvalue weighted by atomic mass is 35.5. The first-order chi connectivity index (χ1) is 3.77. The maximum Gasteiger partial charge on any atom is -0.00244 e. The van der Waals surface area contributed by atoms with Gasteiger partial charge in [0.05, 0.1) is 0 Å². The molecule has 0 aliphatic carbocycles. The van der Waals surface area contributed by atoms with Gasteiger partial charge in [0.2, 0.25) is 0 Å². The molecule has 0 unspecified atom stereocenters. The summed E-state index contributed by atoms with van der Waals surface area (Å²) in [6, 6.07) is 0. The lowest BCUT2D eigenvalue weighted by Gasteiger charge is -2.06. The number of unbranched alkanes of at least 4 members (excludes halogenated alkanes) is 1. The van der Waals surface area contributed by atoms with Crippen LogP contribution in [0.2, 0.25) is 0 Å². The molecule has 0 aromatic heterocycles. The lowest BCUT2D eigenvalue weighted by atomic mass is 10.3. The lowest BCUT2D eigenvalue weighted by molar-refractivity contribution is 0.396. The van der Waals surface area contributed by atoms with Crippen molar-refractivity contribution in [3.05, 3.63) is 0 Å². The molecule has 0 saturated carbocycles. The summed E-state index contributed by atoms with van der Waals surface area (Å²) in [7, 11) is 4.16. The predicted molar refractivity (Wildman–Crippen MR) is 51.3 cm³/mol. The molecular weight excluding hydrogens is 171 g/mol. The number of halogens is 2. The molecule has 0 bridgehead atoms. The molecule has 0 radical (unpaired) electrons. The Morgan fingerprint density at radius 3 is 1.90 bits per heavy atom. The zero-order valence-electron chi connectivity index (χ0n) is 6.67. The summed E-state index contributed by atoms with van der Waals surface area (Å²) < 4.78 is 0. The van der Waals surface area contributed by atoms with E-state index in [1.165, 1.54) is 6.42 Å². The first-order valence-electron chi connectivity index (χ1n) is 3.12. The highest BCUT2D eigenvalue weighted by Gasteiger charge is 1.86. The van der Waals surface area contributed by atoms with Crippen molar-refractivity contribution < 1.29 is 0 Å². The molecule has 4 heteroatoms. The fraction of sp³-hybridized carbons (Fsp3) is 1.00. The Labute approximate surface area is 76.0 Å². The largest absolute Gasteiger partial charge is 0.330 e. The van der Waals surface area contributed by atoms with Gasteiger partial charge in [-0.2, -0.15) is 0 Å². The maximum atomic E-state index is 5.30. The molecule has 0 heterocycles. The van der Waals surface area contributed by atoms with Gasteiger partial charge in [0.15, 0.2) is 0 Å². The zero-order chi connectivity index (χ0) is 6.41. The van der Waals surface area contributed by atoms with Gasteiger partial charge < -0.3 is 10.6 Å². The van der Waals surface area contributed by atoms with E-state index in [-0.39, 0.29) is 24.8 Å². The van der Waals surface area contributed by atoms with Crippen LogP contribution in [-0.2, 0) is 0 Å². The molecule has 10 heavy (non-hydrogen) atoms. The average Bonchev–Trinajstić information content (AvgIpc) is 1.66. The third-order valence-corrected chi connectivity index (χ3v) is 1.06. The van der Waals surface area contributed by atoms with Gasteiger partial charge in [-0.25, -0.2) is 0 Å². The van der Waals surface area contributed by atoms with Gasteiger partial charge in [-0.3, -0.25) is 0 Å². The molecule has 0 rings (SSSR count). The topological polar surface area (TPSA) is 29.3 Å². The van der Waals surface area contributed by atoms with E-state index in [0.29, 0.717) is 0 Å². The van der Waals surface area contributed by atoms with Crippen molar-refractivity contribution >= 4 is 24.8 Å². The van der Waals surface area contributed by atoms with E-state index < -0.39 is 0 Å². The van der Waals surface area contributed by atoms with E-state index in [4.69, 9.17) is 5.73 Å². The molecule has 0 amide bonds. The Morgan fingerprint density at radius 1 is 1.10 bits per heavy atom. The fourth-order valence-electron chi connectivity index (χ4n) is 0.572. The maximum absolute atomic E-state index is 5.30. The van der Waals surface area contributed by atoms with Crippen LogP contribution in [-0.4, -0.2) is 32.1 Å². The first kappa shape index (κ1) is 16.8. The molecule has 0 aromatic carbocycles. The van der Waals surface area contributed by atoms with Crippen LogP contribution in [0, 0.1) is 0 Å². The van der Waals surface area contributed by atoms with Crippen molar-refractivity contribution in [1.29, 1.82) is 0 Å². The predicted octanol–water partition coefficient (Wildman–Crippen LogP) is 1.13. The molecular formula is C6H18Cl2N2. The van der Waals surface area contributed by atoms with Gasteiger partial charge in [-0.15, -0.1) is 24.8 Å². The van der Waals surface area contributed by atoms with Gasteiger partial charge >= 0.3 is 0 Å². The Hall–Kier alpha value is 0.500. The van der Waals surface area contributed by atoms with Crippen molar-refractivity contribution in [1.82, 2.24) is 4.90 Å². The second kappa shape index (κ2) is 12.2. The summed E-state index contributed by atoms with van der Waals surface area (Å²) in [4.78, 5) is 2.18. The van der Waals surface area contributed by atoms with E-state index in [2.05, 4.69) is 19.0 Å². The number of hydrogen-bond donors (Lipinski definition) is 1. The van der Waals surface area contributed by atoms with Crippen LogP contribution in [0.25, 0.3) is 0 Å². The Bertz CT molecular complexity index is 51.0. The highest BCUT2D eigenvalue weighted by Crippen LogP contribution is 1.86. The van der Waals surface area contributed by atoms with Crippen LogP contribution < -0.4 is 5.73 Å². The van der Waals surface area contributed by atoms with Crippen LogP contribution in [0.1, 0.15) is 12.8 Å². The van der Waals surface area contributed by atoms with Crippen LogP contribution in [0.4, 0.5) is 0 Å². The minimum atomic E-state index is 0. The minimum absolute atomic E-state index is 0. The summed E-state index contributed by atoms with van der Waals surface area (Å²) >= 11 is 0. The molecule has 0 spiro atoms. The van der Waals surface area contributed by atoms with Crippen LogP contribution in [0.3, 0.4) is 0 Å². The van der Waals surface area contributed by atoms with Crippen molar-refractivity contribution in [2.45, 2.75) is 12.8 Å². The SMILES string of the molecule is CN(C)CCCCN.Cl.Cl. The van der Waals surface area contributed by atoms with E-state index in [1.807, 2.05) is 0 Å². The van der Waals surface area contributed by atoms with Gasteiger partial charge in [0.25, 0.3) is 0 Å². The summed E-state index contributed by atoms with van der Waals surface area (Å²) in [5.74, 6) is 0. The number of nitrogens with two attached hydrogens (primary N) is 1. The Balaban J connectivity index is -0.000000245. The zero-order valence-corrected chi connectivity index (χ0v) is 8.30. The smallest absolute Gasteiger partial charge is 0.00244 e. The number of hydrogen-bond acceptors (Lipinski definition) is 2. The summed E-state index contributed by atoms with van der Waals surface area (Å²) in [5.41, 5.74) is 5.30. The second-order valence-corrected chi connectivity index (χ2v) is 2.30. The highest BCUT2D eigenvalue weighted by molar-refractivity contribution is 5.85. The molecule has 0 fully saturated rings. The Morgan fingerprint density at radius 2 is 1.60 bits per heavy atom. The van der Waals surface area contributed by atoms with E-state index in [0.717, 1.165) is 19.5 Å². The lowest BCUT2D eigenvalue weighted by Crippen LogP contribution is -2.14. The fourth-order valence-corrected chi connectivity index (χ4v) is 0.572. The quantitative estimate of drug-likeness (QED) is 0.671. The number of nitrogens with zero attached hydrogens (tertiary/aromatic N) is 1. The van der Waals surface area contributed by atoms with Gasteiger partial charge in [0, 0.05) is 0 Å². The third kappa shape index (κ3) is 15.8. The van der Waals surface area contributed by atoms with Crippen molar-refractivity contribution in [3.63, 3.8) is 0 Å². The van der Waals surface area contributed by atoms with E-state index in [1.54, 1.807) is 0 Å². The molecule has 0 aliphatic heterocycles. The third-order valence-electron chi connectivity index (χ3n) is 1.06. The average molecular weight is 189 g/mol.